The minimum absolute atomic E-state index is 0.0386. The molecule has 0 spiro atoms. The number of fused-ring (bicyclic) bond motifs is 1. The molecule has 23 heavy (non-hydrogen) atoms. The minimum Gasteiger partial charge on any atom is -0.469 e. The van der Waals surface area contributed by atoms with E-state index in [-0.39, 0.29) is 11.9 Å². The van der Waals surface area contributed by atoms with Crippen LogP contribution in [0.2, 0.25) is 0 Å². The van der Waals surface area contributed by atoms with Gasteiger partial charge in [0, 0.05) is 31.3 Å². The van der Waals surface area contributed by atoms with Crippen molar-refractivity contribution < 1.29 is 9.21 Å². The molecule has 1 fully saturated rings. The number of carbonyl (C=O) groups is 1. The first-order valence-electron chi connectivity index (χ1n) is 8.40. The van der Waals surface area contributed by atoms with Gasteiger partial charge in [-0.05, 0) is 43.9 Å². The summed E-state index contributed by atoms with van der Waals surface area (Å²) in [6.07, 6.45) is 8.76. The van der Waals surface area contributed by atoms with Crippen LogP contribution in [0.4, 0.5) is 5.82 Å². The number of nitrogens with one attached hydrogen (secondary N) is 1. The van der Waals surface area contributed by atoms with Crippen molar-refractivity contribution in [1.29, 1.82) is 0 Å². The predicted octanol–water partition coefficient (Wildman–Crippen LogP) is 3.08. The van der Waals surface area contributed by atoms with Crippen LogP contribution in [0.15, 0.2) is 35.1 Å². The number of nitrogens with zero attached hydrogens (tertiary/aromatic N) is 2. The molecule has 1 aliphatic carbocycles. The van der Waals surface area contributed by atoms with E-state index in [4.69, 9.17) is 4.42 Å². The lowest BCUT2D eigenvalue weighted by Crippen LogP contribution is -2.32. The molecule has 1 atom stereocenters. The predicted molar refractivity (Wildman–Crippen MR) is 87.5 cm³/mol. The number of aryl methyl sites for hydroxylation is 1. The van der Waals surface area contributed by atoms with E-state index in [1.165, 1.54) is 12.8 Å². The Hall–Kier alpha value is -2.30. The Kier molecular flexibility index (Phi) is 3.77. The quantitative estimate of drug-likeness (QED) is 0.946. The molecule has 1 amide bonds. The van der Waals surface area contributed by atoms with E-state index in [0.29, 0.717) is 5.56 Å². The largest absolute Gasteiger partial charge is 0.469 e. The van der Waals surface area contributed by atoms with E-state index in [1.54, 1.807) is 12.5 Å². The molecule has 4 rings (SSSR count). The van der Waals surface area contributed by atoms with Gasteiger partial charge >= 0.3 is 0 Å². The summed E-state index contributed by atoms with van der Waals surface area (Å²) >= 11 is 0. The van der Waals surface area contributed by atoms with Gasteiger partial charge in [0.2, 0.25) is 0 Å². The molecule has 0 aromatic carbocycles. The van der Waals surface area contributed by atoms with Gasteiger partial charge in [-0.25, -0.2) is 4.98 Å². The third-order valence-corrected chi connectivity index (χ3v) is 4.79. The van der Waals surface area contributed by atoms with Crippen LogP contribution in [-0.4, -0.2) is 24.0 Å². The Bertz CT molecular complexity index is 704. The Labute approximate surface area is 135 Å². The second kappa shape index (κ2) is 6.07. The van der Waals surface area contributed by atoms with Crippen LogP contribution in [0.1, 0.15) is 53.4 Å². The van der Waals surface area contributed by atoms with Crippen LogP contribution in [0, 0.1) is 0 Å². The molecule has 5 nitrogen and oxygen atoms in total. The third kappa shape index (κ3) is 2.71. The number of aromatic nitrogens is 1. The fourth-order valence-electron chi connectivity index (χ4n) is 3.63. The summed E-state index contributed by atoms with van der Waals surface area (Å²) in [6, 6.07) is 5.72. The molecule has 120 valence electrons. The first-order chi connectivity index (χ1) is 11.3. The highest BCUT2D eigenvalue weighted by Gasteiger charge is 2.26. The molecule has 0 bridgehead atoms. The topological polar surface area (TPSA) is 58.4 Å². The van der Waals surface area contributed by atoms with Crippen molar-refractivity contribution >= 4 is 11.7 Å². The highest BCUT2D eigenvalue weighted by molar-refractivity contribution is 5.99. The molecule has 2 aromatic rings. The van der Waals surface area contributed by atoms with Crippen LogP contribution >= 0.6 is 0 Å². The van der Waals surface area contributed by atoms with E-state index in [2.05, 4.69) is 15.2 Å². The van der Waals surface area contributed by atoms with E-state index in [0.717, 1.165) is 49.5 Å². The molecule has 3 heterocycles. The van der Waals surface area contributed by atoms with Gasteiger partial charge in [-0.15, -0.1) is 0 Å². The molecule has 5 heteroatoms. The summed E-state index contributed by atoms with van der Waals surface area (Å²) in [5.41, 5.74) is 1.79. The Balaban J connectivity index is 1.57. The number of pyridine rings is 1. The Morgan fingerprint density at radius 2 is 2.13 bits per heavy atom. The van der Waals surface area contributed by atoms with Crippen molar-refractivity contribution in [2.24, 2.45) is 0 Å². The van der Waals surface area contributed by atoms with Crippen molar-refractivity contribution in [2.45, 2.75) is 38.1 Å². The molecular weight excluding hydrogens is 290 g/mol. The fraction of sp³-hybridized carbons (Fsp3) is 0.444. The zero-order valence-corrected chi connectivity index (χ0v) is 13.1. The van der Waals surface area contributed by atoms with Gasteiger partial charge in [0.25, 0.3) is 5.91 Å². The number of carbonyl (C=O) groups excluding carboxylic acids is 1. The average Bonchev–Trinajstić information content (AvgIpc) is 3.27. The molecule has 2 aromatic heterocycles. The van der Waals surface area contributed by atoms with Crippen molar-refractivity contribution in [3.05, 3.63) is 47.5 Å². The molecule has 0 radical (unpaired) electrons. The van der Waals surface area contributed by atoms with Gasteiger partial charge in [0.05, 0.1) is 17.9 Å². The smallest absolute Gasteiger partial charge is 0.255 e. The number of hydrogen-bond acceptors (Lipinski definition) is 4. The molecule has 2 aliphatic rings. The van der Waals surface area contributed by atoms with Gasteiger partial charge in [0.1, 0.15) is 11.6 Å². The maximum absolute atomic E-state index is 12.8. The van der Waals surface area contributed by atoms with Gasteiger partial charge in [-0.2, -0.15) is 0 Å². The van der Waals surface area contributed by atoms with Crippen LogP contribution in [0.3, 0.4) is 0 Å². The van der Waals surface area contributed by atoms with Gasteiger partial charge < -0.3 is 14.6 Å². The number of rotatable bonds is 3. The summed E-state index contributed by atoms with van der Waals surface area (Å²) < 4.78 is 5.51. The normalized spacial score (nSPS) is 20.3. The summed E-state index contributed by atoms with van der Waals surface area (Å²) in [7, 11) is 0. The molecular formula is C18H21N3O2. The fourth-order valence-corrected chi connectivity index (χ4v) is 3.63. The number of amides is 1. The SMILES string of the molecule is O=C(N[C@H]1CCCc2occc21)c1cccnc1N1CCCC1. The highest BCUT2D eigenvalue weighted by Crippen LogP contribution is 2.31. The highest BCUT2D eigenvalue weighted by atomic mass is 16.3. The van der Waals surface area contributed by atoms with E-state index in [9.17, 15) is 4.79 Å². The lowest BCUT2D eigenvalue weighted by Gasteiger charge is -2.24. The lowest BCUT2D eigenvalue weighted by atomic mass is 9.93. The Morgan fingerprint density at radius 1 is 1.26 bits per heavy atom. The average molecular weight is 311 g/mol. The van der Waals surface area contributed by atoms with Crippen LogP contribution in [0.25, 0.3) is 0 Å². The zero-order valence-electron chi connectivity index (χ0n) is 13.1. The van der Waals surface area contributed by atoms with Gasteiger partial charge in [-0.3, -0.25) is 4.79 Å². The van der Waals surface area contributed by atoms with Crippen LogP contribution in [-0.2, 0) is 6.42 Å². The number of hydrogen-bond donors (Lipinski definition) is 1. The van der Waals surface area contributed by atoms with Crippen molar-refractivity contribution in [1.82, 2.24) is 10.3 Å². The van der Waals surface area contributed by atoms with Crippen molar-refractivity contribution in [2.75, 3.05) is 18.0 Å². The second-order valence-corrected chi connectivity index (χ2v) is 6.29. The Morgan fingerprint density at radius 3 is 3.00 bits per heavy atom. The van der Waals surface area contributed by atoms with Gasteiger partial charge in [-0.1, -0.05) is 0 Å². The summed E-state index contributed by atoms with van der Waals surface area (Å²) in [5.74, 6) is 1.78. The third-order valence-electron chi connectivity index (χ3n) is 4.79. The summed E-state index contributed by atoms with van der Waals surface area (Å²) in [5, 5.41) is 3.18. The number of anilines is 1. The minimum atomic E-state index is -0.0425. The van der Waals surface area contributed by atoms with Gasteiger partial charge in [0.15, 0.2) is 0 Å². The molecule has 0 unspecified atom stereocenters. The summed E-state index contributed by atoms with van der Waals surface area (Å²) in [4.78, 5) is 19.5. The van der Waals surface area contributed by atoms with Crippen molar-refractivity contribution in [3.8, 4) is 0 Å². The van der Waals surface area contributed by atoms with Crippen LogP contribution < -0.4 is 10.2 Å². The van der Waals surface area contributed by atoms with E-state index >= 15 is 0 Å². The monoisotopic (exact) mass is 311 g/mol. The van der Waals surface area contributed by atoms with E-state index in [1.807, 2.05) is 18.2 Å². The number of furan rings is 1. The zero-order chi connectivity index (χ0) is 15.6. The maximum Gasteiger partial charge on any atom is 0.255 e. The van der Waals surface area contributed by atoms with Crippen molar-refractivity contribution in [3.63, 3.8) is 0 Å². The lowest BCUT2D eigenvalue weighted by molar-refractivity contribution is 0.0932. The van der Waals surface area contributed by atoms with E-state index < -0.39 is 0 Å². The second-order valence-electron chi connectivity index (χ2n) is 6.29. The van der Waals surface area contributed by atoms with Crippen LogP contribution in [0.5, 0.6) is 0 Å². The summed E-state index contributed by atoms with van der Waals surface area (Å²) in [6.45, 7) is 1.96. The molecule has 0 saturated carbocycles. The molecule has 1 aliphatic heterocycles. The first-order valence-corrected chi connectivity index (χ1v) is 8.40. The molecule has 1 saturated heterocycles. The maximum atomic E-state index is 12.8. The first kappa shape index (κ1) is 14.3. The molecule has 1 N–H and O–H groups in total. The standard InChI is InChI=1S/C18H21N3O2/c22-18(20-15-6-3-7-16-13(15)8-12-23-16)14-5-4-9-19-17(14)21-10-1-2-11-21/h4-5,8-9,12,15H,1-3,6-7,10-11H2,(H,20,22)/t15-/m0/s1.